The summed E-state index contributed by atoms with van der Waals surface area (Å²) >= 11 is 7.45. The highest BCUT2D eigenvalue weighted by atomic mass is 35.5. The van der Waals surface area contributed by atoms with E-state index in [-0.39, 0.29) is 11.9 Å². The van der Waals surface area contributed by atoms with Gasteiger partial charge in [-0.05, 0) is 68.0 Å². The molecule has 1 N–H and O–H groups in total. The van der Waals surface area contributed by atoms with E-state index >= 15 is 0 Å². The third-order valence-corrected chi connectivity index (χ3v) is 6.55. The Morgan fingerprint density at radius 1 is 1.10 bits per heavy atom. The van der Waals surface area contributed by atoms with Gasteiger partial charge in [-0.2, -0.15) is 0 Å². The van der Waals surface area contributed by atoms with E-state index in [2.05, 4.69) is 27.4 Å². The van der Waals surface area contributed by atoms with E-state index in [9.17, 15) is 4.79 Å². The van der Waals surface area contributed by atoms with Crippen molar-refractivity contribution in [3.63, 3.8) is 0 Å². The van der Waals surface area contributed by atoms with Gasteiger partial charge in [0.25, 0.3) is 0 Å². The van der Waals surface area contributed by atoms with Gasteiger partial charge in [-0.15, -0.1) is 10.2 Å². The maximum Gasteiger partial charge on any atom is 0.230 e. The van der Waals surface area contributed by atoms with Crippen molar-refractivity contribution >= 4 is 29.3 Å². The molecule has 0 spiro atoms. The van der Waals surface area contributed by atoms with Crippen LogP contribution < -0.4 is 5.32 Å². The van der Waals surface area contributed by atoms with E-state index in [4.69, 9.17) is 11.6 Å². The first-order chi connectivity index (χ1) is 14.6. The molecule has 8 heteroatoms. The van der Waals surface area contributed by atoms with E-state index in [1.54, 1.807) is 12.4 Å². The lowest BCUT2D eigenvalue weighted by Crippen LogP contribution is -2.38. The number of hydrogen-bond donors (Lipinski definition) is 1. The van der Waals surface area contributed by atoms with Crippen molar-refractivity contribution in [2.45, 2.75) is 43.8 Å². The molecule has 1 aliphatic rings. The number of carbonyl (C=O) groups is 1. The highest BCUT2D eigenvalue weighted by Crippen LogP contribution is 2.29. The molecular weight excluding hydrogens is 418 g/mol. The molecule has 1 saturated carbocycles. The third-order valence-electron chi connectivity index (χ3n) is 5.37. The number of nitrogens with zero attached hydrogens (tertiary/aromatic N) is 4. The van der Waals surface area contributed by atoms with Crippen molar-refractivity contribution in [3.8, 4) is 17.1 Å². The number of rotatable bonds is 6. The number of amides is 1. The average Bonchev–Trinajstić information content (AvgIpc) is 3.19. The molecule has 4 rings (SSSR count). The van der Waals surface area contributed by atoms with Crippen LogP contribution in [0.15, 0.2) is 53.9 Å². The second-order valence-electron chi connectivity index (χ2n) is 7.67. The Morgan fingerprint density at radius 3 is 2.50 bits per heavy atom. The number of pyridine rings is 1. The minimum atomic E-state index is 0.0377. The van der Waals surface area contributed by atoms with Crippen LogP contribution in [-0.4, -0.2) is 37.5 Å². The fourth-order valence-corrected chi connectivity index (χ4v) is 4.57. The predicted molar refractivity (Wildman–Crippen MR) is 120 cm³/mol. The van der Waals surface area contributed by atoms with Gasteiger partial charge in [-0.25, -0.2) is 0 Å². The molecule has 0 unspecified atom stereocenters. The average molecular weight is 442 g/mol. The van der Waals surface area contributed by atoms with Crippen molar-refractivity contribution in [1.82, 2.24) is 25.1 Å². The minimum absolute atomic E-state index is 0.0377. The van der Waals surface area contributed by atoms with E-state index < -0.39 is 0 Å². The summed E-state index contributed by atoms with van der Waals surface area (Å²) < 4.78 is 1.95. The van der Waals surface area contributed by atoms with E-state index in [0.717, 1.165) is 30.0 Å². The number of benzene rings is 1. The zero-order valence-corrected chi connectivity index (χ0v) is 18.4. The first kappa shape index (κ1) is 20.9. The molecule has 0 aliphatic heterocycles. The predicted octanol–water partition coefficient (Wildman–Crippen LogP) is 4.77. The normalized spacial score (nSPS) is 18.9. The lowest BCUT2D eigenvalue weighted by molar-refractivity contribution is -0.119. The standard InChI is InChI=1S/C22H24ClN5OS/c1-15-2-6-18(7-3-15)25-20(29)14-30-22-27-26-21(16-10-12-24-13-11-16)28(22)19-8-4-17(23)5-9-19/h4-5,8-13,15,18H,2-3,6-7,14H2,1H3,(H,25,29). The number of nitrogens with one attached hydrogen (secondary N) is 1. The van der Waals surface area contributed by atoms with Gasteiger partial charge in [0.1, 0.15) is 0 Å². The van der Waals surface area contributed by atoms with Crippen LogP contribution in [0, 0.1) is 5.92 Å². The van der Waals surface area contributed by atoms with Crippen LogP contribution in [0.1, 0.15) is 32.6 Å². The molecule has 2 heterocycles. The maximum absolute atomic E-state index is 12.5. The summed E-state index contributed by atoms with van der Waals surface area (Å²) in [4.78, 5) is 16.6. The quantitative estimate of drug-likeness (QED) is 0.558. The van der Waals surface area contributed by atoms with E-state index in [1.165, 1.54) is 24.6 Å². The Kier molecular flexibility index (Phi) is 6.69. The highest BCUT2D eigenvalue weighted by Gasteiger charge is 2.21. The molecular formula is C22H24ClN5OS. The van der Waals surface area contributed by atoms with Crippen LogP contribution in [0.5, 0.6) is 0 Å². The number of thioether (sulfide) groups is 1. The maximum atomic E-state index is 12.5. The summed E-state index contributed by atoms with van der Waals surface area (Å²) in [5, 5.41) is 13.2. The Morgan fingerprint density at radius 2 is 1.80 bits per heavy atom. The second kappa shape index (κ2) is 9.62. The minimum Gasteiger partial charge on any atom is -0.353 e. The fraction of sp³-hybridized carbons (Fsp3) is 0.364. The molecule has 1 amide bonds. The van der Waals surface area contributed by atoms with E-state index in [0.29, 0.717) is 21.8 Å². The molecule has 0 radical (unpaired) electrons. The lowest BCUT2D eigenvalue weighted by Gasteiger charge is -2.26. The molecule has 1 aliphatic carbocycles. The zero-order valence-electron chi connectivity index (χ0n) is 16.8. The molecule has 2 aromatic heterocycles. The van der Waals surface area contributed by atoms with Gasteiger partial charge in [0.05, 0.1) is 5.75 Å². The van der Waals surface area contributed by atoms with Gasteiger partial charge < -0.3 is 5.32 Å². The smallest absolute Gasteiger partial charge is 0.230 e. The van der Waals surface area contributed by atoms with Crippen molar-refractivity contribution in [2.24, 2.45) is 5.92 Å². The topological polar surface area (TPSA) is 72.7 Å². The fourth-order valence-electron chi connectivity index (χ4n) is 3.68. The van der Waals surface area contributed by atoms with Crippen molar-refractivity contribution in [3.05, 3.63) is 53.8 Å². The Hall–Kier alpha value is -2.38. The summed E-state index contributed by atoms with van der Waals surface area (Å²) in [6.45, 7) is 2.28. The van der Waals surface area contributed by atoms with Gasteiger partial charge in [0, 0.05) is 34.7 Å². The highest BCUT2D eigenvalue weighted by molar-refractivity contribution is 7.99. The van der Waals surface area contributed by atoms with Crippen molar-refractivity contribution in [2.75, 3.05) is 5.75 Å². The van der Waals surface area contributed by atoms with Crippen molar-refractivity contribution < 1.29 is 4.79 Å². The number of carbonyl (C=O) groups excluding carboxylic acids is 1. The zero-order chi connectivity index (χ0) is 20.9. The monoisotopic (exact) mass is 441 g/mol. The van der Waals surface area contributed by atoms with Gasteiger partial charge in [-0.1, -0.05) is 30.3 Å². The summed E-state index contributed by atoms with van der Waals surface area (Å²) in [6, 6.07) is 11.6. The molecule has 0 bridgehead atoms. The first-order valence-corrected chi connectivity index (χ1v) is 11.5. The largest absolute Gasteiger partial charge is 0.353 e. The summed E-state index contributed by atoms with van der Waals surface area (Å²) in [5.74, 6) is 1.80. The number of aromatic nitrogens is 4. The summed E-state index contributed by atoms with van der Waals surface area (Å²) in [5.41, 5.74) is 1.79. The Labute approximate surface area is 185 Å². The van der Waals surface area contributed by atoms with Gasteiger partial charge in [0.2, 0.25) is 5.91 Å². The van der Waals surface area contributed by atoms with Gasteiger partial charge in [0.15, 0.2) is 11.0 Å². The molecule has 30 heavy (non-hydrogen) atoms. The molecule has 6 nitrogen and oxygen atoms in total. The molecule has 1 aromatic carbocycles. The molecule has 156 valence electrons. The summed E-state index contributed by atoms with van der Waals surface area (Å²) in [6.07, 6.45) is 7.93. The van der Waals surface area contributed by atoms with Crippen LogP contribution in [0.4, 0.5) is 0 Å². The Bertz CT molecular complexity index is 985. The molecule has 3 aromatic rings. The molecule has 0 saturated heterocycles. The first-order valence-electron chi connectivity index (χ1n) is 10.1. The van der Waals surface area contributed by atoms with Crippen LogP contribution in [-0.2, 0) is 4.79 Å². The summed E-state index contributed by atoms with van der Waals surface area (Å²) in [7, 11) is 0. The van der Waals surface area contributed by atoms with Crippen LogP contribution in [0.3, 0.4) is 0 Å². The number of halogens is 1. The Balaban J connectivity index is 1.52. The second-order valence-corrected chi connectivity index (χ2v) is 9.05. The van der Waals surface area contributed by atoms with Crippen LogP contribution >= 0.6 is 23.4 Å². The molecule has 1 fully saturated rings. The van der Waals surface area contributed by atoms with E-state index in [1.807, 2.05) is 41.0 Å². The van der Waals surface area contributed by atoms with Gasteiger partial charge >= 0.3 is 0 Å². The SMILES string of the molecule is CC1CCC(NC(=O)CSc2nnc(-c3ccncc3)n2-c2ccc(Cl)cc2)CC1. The lowest BCUT2D eigenvalue weighted by atomic mass is 9.87. The van der Waals surface area contributed by atoms with Crippen LogP contribution in [0.2, 0.25) is 5.02 Å². The van der Waals surface area contributed by atoms with Gasteiger partial charge in [-0.3, -0.25) is 14.3 Å². The third kappa shape index (κ3) is 5.02. The van der Waals surface area contributed by atoms with Crippen molar-refractivity contribution in [1.29, 1.82) is 0 Å². The van der Waals surface area contributed by atoms with Crippen LogP contribution in [0.25, 0.3) is 17.1 Å². The molecule has 0 atom stereocenters. The number of hydrogen-bond acceptors (Lipinski definition) is 5.